The summed E-state index contributed by atoms with van der Waals surface area (Å²) in [6, 6.07) is 0.798. The van der Waals surface area contributed by atoms with Gasteiger partial charge in [-0.15, -0.1) is 0 Å². The topological polar surface area (TPSA) is 6.48 Å². The average Bonchev–Trinajstić information content (AvgIpc) is 2.60. The SMILES string of the molecule is CN1CCCC1C(C)(C)CCN1CC(C(C)(C)C)C1. The minimum absolute atomic E-state index is 0.470. The normalized spacial score (nSPS) is 27.8. The fourth-order valence-electron chi connectivity index (χ4n) is 3.81. The molecule has 0 saturated carbocycles. The highest BCUT2D eigenvalue weighted by atomic mass is 15.2. The number of rotatable bonds is 4. The third-order valence-electron chi connectivity index (χ3n) is 5.68. The first-order chi connectivity index (χ1) is 8.70. The highest BCUT2D eigenvalue weighted by molar-refractivity contribution is 4.92. The molecule has 0 N–H and O–H groups in total. The first kappa shape index (κ1) is 15.3. The standard InChI is InChI=1S/C17H34N2/c1-16(2,3)14-12-19(13-14)11-9-17(4,5)15-8-7-10-18(15)6/h14-15H,7-13H2,1-6H3. The summed E-state index contributed by atoms with van der Waals surface area (Å²) in [6.45, 7) is 17.3. The van der Waals surface area contributed by atoms with E-state index < -0.39 is 0 Å². The van der Waals surface area contributed by atoms with Gasteiger partial charge in [-0.2, -0.15) is 0 Å². The van der Waals surface area contributed by atoms with Crippen LogP contribution < -0.4 is 0 Å². The molecule has 0 aromatic heterocycles. The summed E-state index contributed by atoms with van der Waals surface area (Å²) in [5.74, 6) is 0.907. The van der Waals surface area contributed by atoms with Crippen LogP contribution in [0.2, 0.25) is 0 Å². The van der Waals surface area contributed by atoms with Crippen molar-refractivity contribution in [1.82, 2.24) is 9.80 Å². The van der Waals surface area contributed by atoms with Crippen LogP contribution in [0.4, 0.5) is 0 Å². The van der Waals surface area contributed by atoms with E-state index in [2.05, 4.69) is 51.5 Å². The Labute approximate surface area is 120 Å². The molecule has 2 fully saturated rings. The van der Waals surface area contributed by atoms with Gasteiger partial charge in [0, 0.05) is 19.1 Å². The molecule has 0 aromatic carbocycles. The Balaban J connectivity index is 1.74. The molecule has 0 aromatic rings. The Bertz CT molecular complexity index is 297. The van der Waals surface area contributed by atoms with Crippen molar-refractivity contribution in [2.75, 3.05) is 33.2 Å². The van der Waals surface area contributed by atoms with E-state index in [0.717, 1.165) is 12.0 Å². The molecule has 2 nitrogen and oxygen atoms in total. The lowest BCUT2D eigenvalue weighted by Crippen LogP contribution is -2.53. The summed E-state index contributed by atoms with van der Waals surface area (Å²) < 4.78 is 0. The van der Waals surface area contributed by atoms with Crippen LogP contribution in [-0.2, 0) is 0 Å². The zero-order chi connectivity index (χ0) is 14.3. The molecule has 2 rings (SSSR count). The van der Waals surface area contributed by atoms with Gasteiger partial charge in [-0.05, 0) is 56.1 Å². The molecule has 2 saturated heterocycles. The molecule has 0 aliphatic carbocycles. The maximum atomic E-state index is 2.66. The Morgan fingerprint density at radius 1 is 1.05 bits per heavy atom. The second-order valence-electron chi connectivity index (χ2n) is 8.70. The summed E-state index contributed by atoms with van der Waals surface area (Å²) in [5.41, 5.74) is 0.968. The van der Waals surface area contributed by atoms with E-state index >= 15 is 0 Å². The summed E-state index contributed by atoms with van der Waals surface area (Å²) in [5, 5.41) is 0. The van der Waals surface area contributed by atoms with Crippen LogP contribution in [-0.4, -0.2) is 49.1 Å². The van der Waals surface area contributed by atoms with Gasteiger partial charge in [-0.1, -0.05) is 34.6 Å². The molecule has 19 heavy (non-hydrogen) atoms. The van der Waals surface area contributed by atoms with E-state index in [4.69, 9.17) is 0 Å². The van der Waals surface area contributed by atoms with Crippen LogP contribution in [0.1, 0.15) is 53.9 Å². The van der Waals surface area contributed by atoms with E-state index in [-0.39, 0.29) is 0 Å². The molecule has 0 bridgehead atoms. The molecule has 0 spiro atoms. The Kier molecular flexibility index (Phi) is 4.32. The summed E-state index contributed by atoms with van der Waals surface area (Å²) in [6.07, 6.45) is 4.13. The summed E-state index contributed by atoms with van der Waals surface area (Å²) >= 11 is 0. The largest absolute Gasteiger partial charge is 0.303 e. The Morgan fingerprint density at radius 2 is 1.68 bits per heavy atom. The fourth-order valence-corrected chi connectivity index (χ4v) is 3.81. The lowest BCUT2D eigenvalue weighted by molar-refractivity contribution is 0.0109. The second kappa shape index (κ2) is 5.37. The molecule has 0 amide bonds. The van der Waals surface area contributed by atoms with E-state index in [1.165, 1.54) is 45.4 Å². The number of hydrogen-bond donors (Lipinski definition) is 0. The van der Waals surface area contributed by atoms with Crippen molar-refractivity contribution in [2.45, 2.75) is 59.9 Å². The van der Waals surface area contributed by atoms with Crippen molar-refractivity contribution in [2.24, 2.45) is 16.7 Å². The quantitative estimate of drug-likeness (QED) is 0.769. The van der Waals surface area contributed by atoms with Crippen LogP contribution in [0.15, 0.2) is 0 Å². The van der Waals surface area contributed by atoms with Crippen LogP contribution >= 0.6 is 0 Å². The van der Waals surface area contributed by atoms with Gasteiger partial charge in [0.05, 0.1) is 0 Å². The van der Waals surface area contributed by atoms with Gasteiger partial charge in [0.25, 0.3) is 0 Å². The van der Waals surface area contributed by atoms with Crippen LogP contribution in [0, 0.1) is 16.7 Å². The van der Waals surface area contributed by atoms with Gasteiger partial charge < -0.3 is 9.80 Å². The van der Waals surface area contributed by atoms with Crippen LogP contribution in [0.5, 0.6) is 0 Å². The Hall–Kier alpha value is -0.0800. The highest BCUT2D eigenvalue weighted by Gasteiger charge is 2.38. The lowest BCUT2D eigenvalue weighted by atomic mass is 9.75. The first-order valence-electron chi connectivity index (χ1n) is 8.13. The van der Waals surface area contributed by atoms with Crippen molar-refractivity contribution < 1.29 is 0 Å². The summed E-state index contributed by atoms with van der Waals surface area (Å²) in [7, 11) is 2.30. The molecular weight excluding hydrogens is 232 g/mol. The van der Waals surface area contributed by atoms with E-state index in [0.29, 0.717) is 10.8 Å². The third kappa shape index (κ3) is 3.52. The summed E-state index contributed by atoms with van der Waals surface area (Å²) in [4.78, 5) is 5.24. The second-order valence-corrected chi connectivity index (χ2v) is 8.70. The predicted octanol–water partition coefficient (Wildman–Crippen LogP) is 3.47. The number of nitrogens with zero attached hydrogens (tertiary/aromatic N) is 2. The molecular formula is C17H34N2. The highest BCUT2D eigenvalue weighted by Crippen LogP contribution is 2.37. The van der Waals surface area contributed by atoms with E-state index in [1.54, 1.807) is 0 Å². The Morgan fingerprint density at radius 3 is 2.16 bits per heavy atom. The molecule has 1 unspecified atom stereocenters. The van der Waals surface area contributed by atoms with Crippen LogP contribution in [0.25, 0.3) is 0 Å². The molecule has 1 atom stereocenters. The number of likely N-dealkylation sites (tertiary alicyclic amines) is 2. The zero-order valence-corrected chi connectivity index (χ0v) is 14.0. The number of hydrogen-bond acceptors (Lipinski definition) is 2. The van der Waals surface area contributed by atoms with Crippen molar-refractivity contribution in [1.29, 1.82) is 0 Å². The maximum Gasteiger partial charge on any atom is 0.0144 e. The fraction of sp³-hybridized carbons (Fsp3) is 1.00. The maximum absolute atomic E-state index is 2.66. The van der Waals surface area contributed by atoms with Crippen molar-refractivity contribution in [3.8, 4) is 0 Å². The minimum atomic E-state index is 0.470. The van der Waals surface area contributed by atoms with Gasteiger partial charge in [0.15, 0.2) is 0 Å². The molecule has 0 radical (unpaired) electrons. The average molecular weight is 266 g/mol. The van der Waals surface area contributed by atoms with Gasteiger partial charge >= 0.3 is 0 Å². The van der Waals surface area contributed by atoms with Crippen molar-refractivity contribution in [3.05, 3.63) is 0 Å². The molecule has 2 aliphatic rings. The monoisotopic (exact) mass is 266 g/mol. The molecule has 2 heteroatoms. The van der Waals surface area contributed by atoms with Gasteiger partial charge in [0.1, 0.15) is 0 Å². The van der Waals surface area contributed by atoms with Gasteiger partial charge in [-0.3, -0.25) is 0 Å². The van der Waals surface area contributed by atoms with Crippen molar-refractivity contribution in [3.63, 3.8) is 0 Å². The van der Waals surface area contributed by atoms with Crippen LogP contribution in [0.3, 0.4) is 0 Å². The minimum Gasteiger partial charge on any atom is -0.303 e. The van der Waals surface area contributed by atoms with E-state index in [9.17, 15) is 0 Å². The van der Waals surface area contributed by atoms with Gasteiger partial charge in [0.2, 0.25) is 0 Å². The molecule has 112 valence electrons. The van der Waals surface area contributed by atoms with Gasteiger partial charge in [-0.25, -0.2) is 0 Å². The zero-order valence-electron chi connectivity index (χ0n) is 14.0. The third-order valence-corrected chi connectivity index (χ3v) is 5.68. The smallest absolute Gasteiger partial charge is 0.0144 e. The predicted molar refractivity (Wildman–Crippen MR) is 83.4 cm³/mol. The van der Waals surface area contributed by atoms with E-state index in [1.807, 2.05) is 0 Å². The van der Waals surface area contributed by atoms with Crippen molar-refractivity contribution >= 4 is 0 Å². The lowest BCUT2D eigenvalue weighted by Gasteiger charge is -2.48. The molecule has 2 heterocycles. The first-order valence-corrected chi connectivity index (χ1v) is 8.13. The molecule has 2 aliphatic heterocycles.